The predicted molar refractivity (Wildman–Crippen MR) is 68.9 cm³/mol. The molecule has 0 fully saturated rings. The molecule has 4 N–H and O–H groups in total. The Morgan fingerprint density at radius 2 is 2.22 bits per heavy atom. The Balaban J connectivity index is 2.82. The molecule has 1 amide bonds. The largest absolute Gasteiger partial charge is 0.497 e. The number of benzene rings is 1. The van der Waals surface area contributed by atoms with Crippen LogP contribution in [-0.2, 0) is 4.79 Å². The topological polar surface area (TPSA) is 96.9 Å². The molecule has 0 bridgehead atoms. The van der Waals surface area contributed by atoms with Crippen LogP contribution in [0.1, 0.15) is 12.5 Å². The van der Waals surface area contributed by atoms with Crippen molar-refractivity contribution in [1.29, 1.82) is 0 Å². The first kappa shape index (κ1) is 13.8. The van der Waals surface area contributed by atoms with Gasteiger partial charge in [-0.2, -0.15) is 0 Å². The van der Waals surface area contributed by atoms with Crippen molar-refractivity contribution >= 4 is 17.4 Å². The van der Waals surface area contributed by atoms with E-state index in [0.29, 0.717) is 5.69 Å². The SMILES string of the molecule is COc1ccc(NC(=O)C(C)C(N)=NO)c(C)c1. The second-order valence-corrected chi connectivity index (χ2v) is 3.92. The summed E-state index contributed by atoms with van der Waals surface area (Å²) in [5, 5.41) is 14.0. The van der Waals surface area contributed by atoms with Crippen molar-refractivity contribution in [2.45, 2.75) is 13.8 Å². The monoisotopic (exact) mass is 251 g/mol. The van der Waals surface area contributed by atoms with E-state index in [2.05, 4.69) is 10.5 Å². The molecule has 1 aromatic carbocycles. The van der Waals surface area contributed by atoms with E-state index in [-0.39, 0.29) is 11.7 Å². The van der Waals surface area contributed by atoms with Crippen LogP contribution in [0, 0.1) is 12.8 Å². The molecule has 6 nitrogen and oxygen atoms in total. The maximum absolute atomic E-state index is 11.8. The van der Waals surface area contributed by atoms with Gasteiger partial charge in [-0.05, 0) is 37.6 Å². The van der Waals surface area contributed by atoms with Gasteiger partial charge < -0.3 is 21.0 Å². The Hall–Kier alpha value is -2.24. The average molecular weight is 251 g/mol. The first-order valence-corrected chi connectivity index (χ1v) is 5.42. The van der Waals surface area contributed by atoms with Gasteiger partial charge in [0.2, 0.25) is 5.91 Å². The Morgan fingerprint density at radius 3 is 2.72 bits per heavy atom. The summed E-state index contributed by atoms with van der Waals surface area (Å²) in [6, 6.07) is 5.30. The molecule has 18 heavy (non-hydrogen) atoms. The lowest BCUT2D eigenvalue weighted by Gasteiger charge is -2.13. The molecule has 0 aromatic heterocycles. The molecular formula is C12H17N3O3. The lowest BCUT2D eigenvalue weighted by molar-refractivity contribution is -0.117. The molecule has 0 saturated carbocycles. The van der Waals surface area contributed by atoms with Crippen LogP contribution in [-0.4, -0.2) is 24.1 Å². The number of carbonyl (C=O) groups is 1. The number of nitrogens with one attached hydrogen (secondary N) is 1. The van der Waals surface area contributed by atoms with Crippen molar-refractivity contribution in [3.63, 3.8) is 0 Å². The minimum atomic E-state index is -0.698. The number of ether oxygens (including phenoxy) is 1. The molecule has 0 spiro atoms. The Kier molecular flexibility index (Phi) is 4.53. The number of hydrogen-bond donors (Lipinski definition) is 3. The highest BCUT2D eigenvalue weighted by molar-refractivity contribution is 6.07. The summed E-state index contributed by atoms with van der Waals surface area (Å²) < 4.78 is 5.07. The van der Waals surface area contributed by atoms with Gasteiger partial charge in [0.1, 0.15) is 5.75 Å². The number of anilines is 1. The highest BCUT2D eigenvalue weighted by Crippen LogP contribution is 2.21. The minimum absolute atomic E-state index is 0.126. The molecule has 1 aromatic rings. The number of amides is 1. The maximum Gasteiger partial charge on any atom is 0.234 e. The number of amidine groups is 1. The molecule has 6 heteroatoms. The van der Waals surface area contributed by atoms with E-state index >= 15 is 0 Å². The van der Waals surface area contributed by atoms with Gasteiger partial charge in [-0.25, -0.2) is 0 Å². The van der Waals surface area contributed by atoms with Crippen LogP contribution in [0.3, 0.4) is 0 Å². The summed E-state index contributed by atoms with van der Waals surface area (Å²) in [4.78, 5) is 11.8. The zero-order chi connectivity index (χ0) is 13.7. The second-order valence-electron chi connectivity index (χ2n) is 3.92. The van der Waals surface area contributed by atoms with Gasteiger partial charge in [-0.3, -0.25) is 4.79 Å². The first-order valence-electron chi connectivity index (χ1n) is 5.42. The van der Waals surface area contributed by atoms with Crippen LogP contribution in [0.15, 0.2) is 23.4 Å². The Labute approximate surface area is 105 Å². The number of nitrogens with two attached hydrogens (primary N) is 1. The van der Waals surface area contributed by atoms with Gasteiger partial charge in [0.05, 0.1) is 13.0 Å². The quantitative estimate of drug-likeness (QED) is 0.325. The summed E-state index contributed by atoms with van der Waals surface area (Å²) in [5.41, 5.74) is 6.91. The number of hydrogen-bond acceptors (Lipinski definition) is 4. The Bertz CT molecular complexity index is 472. The molecule has 1 rings (SSSR count). The van der Waals surface area contributed by atoms with E-state index in [0.717, 1.165) is 11.3 Å². The van der Waals surface area contributed by atoms with Crippen molar-refractivity contribution in [2.75, 3.05) is 12.4 Å². The zero-order valence-corrected chi connectivity index (χ0v) is 10.6. The van der Waals surface area contributed by atoms with Crippen LogP contribution >= 0.6 is 0 Å². The van der Waals surface area contributed by atoms with Gasteiger partial charge in [0.25, 0.3) is 0 Å². The second kappa shape index (κ2) is 5.90. The van der Waals surface area contributed by atoms with Crippen molar-refractivity contribution in [1.82, 2.24) is 0 Å². The van der Waals surface area contributed by atoms with Crippen molar-refractivity contribution in [3.8, 4) is 5.75 Å². The standard InChI is InChI=1S/C12H17N3O3/c1-7-6-9(18-3)4-5-10(7)14-12(16)8(2)11(13)15-17/h4-6,8,17H,1-3H3,(H2,13,15)(H,14,16). The number of carbonyl (C=O) groups excluding carboxylic acids is 1. The van der Waals surface area contributed by atoms with Gasteiger partial charge in [0.15, 0.2) is 5.84 Å². The molecule has 0 radical (unpaired) electrons. The molecule has 1 atom stereocenters. The normalized spacial score (nSPS) is 12.9. The van der Waals surface area contributed by atoms with Gasteiger partial charge >= 0.3 is 0 Å². The Morgan fingerprint density at radius 1 is 1.56 bits per heavy atom. The minimum Gasteiger partial charge on any atom is -0.497 e. The maximum atomic E-state index is 11.8. The summed E-state index contributed by atoms with van der Waals surface area (Å²) in [7, 11) is 1.58. The fraction of sp³-hybridized carbons (Fsp3) is 0.333. The van der Waals surface area contributed by atoms with E-state index in [1.54, 1.807) is 26.2 Å². The molecule has 1 unspecified atom stereocenters. The van der Waals surface area contributed by atoms with Gasteiger partial charge in [-0.1, -0.05) is 5.16 Å². The van der Waals surface area contributed by atoms with Crippen molar-refractivity contribution < 1.29 is 14.7 Å². The summed E-state index contributed by atoms with van der Waals surface area (Å²) in [6.07, 6.45) is 0. The van der Waals surface area contributed by atoms with Gasteiger partial charge in [0, 0.05) is 5.69 Å². The number of oxime groups is 1. The van der Waals surface area contributed by atoms with E-state index in [4.69, 9.17) is 15.7 Å². The van der Waals surface area contributed by atoms with Crippen LogP contribution in [0.4, 0.5) is 5.69 Å². The molecule has 0 saturated heterocycles. The van der Waals surface area contributed by atoms with Crippen molar-refractivity contribution in [2.24, 2.45) is 16.8 Å². The number of methoxy groups -OCH3 is 1. The van der Waals surface area contributed by atoms with E-state index < -0.39 is 5.92 Å². The third-order valence-electron chi connectivity index (χ3n) is 2.64. The van der Waals surface area contributed by atoms with Crippen LogP contribution in [0.25, 0.3) is 0 Å². The summed E-state index contributed by atoms with van der Waals surface area (Å²) in [5.74, 6) is -0.441. The van der Waals surface area contributed by atoms with Crippen LogP contribution in [0.5, 0.6) is 5.75 Å². The van der Waals surface area contributed by atoms with E-state index in [1.807, 2.05) is 13.0 Å². The molecule has 98 valence electrons. The number of aryl methyl sites for hydroxylation is 1. The molecule has 0 aliphatic rings. The third kappa shape index (κ3) is 3.13. The van der Waals surface area contributed by atoms with Crippen LogP contribution < -0.4 is 15.8 Å². The molecule has 0 aliphatic carbocycles. The third-order valence-corrected chi connectivity index (χ3v) is 2.64. The fourth-order valence-electron chi connectivity index (χ4n) is 1.37. The predicted octanol–water partition coefficient (Wildman–Crippen LogP) is 1.32. The highest BCUT2D eigenvalue weighted by Gasteiger charge is 2.18. The molecule has 0 aliphatic heterocycles. The lowest BCUT2D eigenvalue weighted by atomic mass is 10.1. The average Bonchev–Trinajstić information content (AvgIpc) is 2.38. The fourth-order valence-corrected chi connectivity index (χ4v) is 1.37. The van der Waals surface area contributed by atoms with E-state index in [9.17, 15) is 4.79 Å². The van der Waals surface area contributed by atoms with Crippen LogP contribution in [0.2, 0.25) is 0 Å². The van der Waals surface area contributed by atoms with Gasteiger partial charge in [-0.15, -0.1) is 0 Å². The lowest BCUT2D eigenvalue weighted by Crippen LogP contribution is -2.32. The number of rotatable bonds is 4. The smallest absolute Gasteiger partial charge is 0.234 e. The van der Waals surface area contributed by atoms with Crippen molar-refractivity contribution in [3.05, 3.63) is 23.8 Å². The highest BCUT2D eigenvalue weighted by atomic mass is 16.5. The number of nitrogens with zero attached hydrogens (tertiary/aromatic N) is 1. The summed E-state index contributed by atoms with van der Waals surface area (Å²) in [6.45, 7) is 3.41. The molecule has 0 heterocycles. The summed E-state index contributed by atoms with van der Waals surface area (Å²) >= 11 is 0. The molecular weight excluding hydrogens is 234 g/mol. The first-order chi connectivity index (χ1) is 8.49. The van der Waals surface area contributed by atoms with E-state index in [1.165, 1.54) is 0 Å². The zero-order valence-electron chi connectivity index (χ0n) is 10.6.